The summed E-state index contributed by atoms with van der Waals surface area (Å²) in [6.07, 6.45) is 1.59. The van der Waals surface area contributed by atoms with Crippen molar-refractivity contribution in [1.29, 1.82) is 0 Å². The molecular formula is C22H19Cl2N4O3S+. The van der Waals surface area contributed by atoms with E-state index < -0.39 is 0 Å². The maximum atomic E-state index is 12.6. The van der Waals surface area contributed by atoms with Crippen LogP contribution in [0.4, 0.5) is 11.6 Å². The first-order valence-corrected chi connectivity index (χ1v) is 11.3. The van der Waals surface area contributed by atoms with Crippen LogP contribution < -0.4 is 14.5 Å². The Bertz CT molecular complexity index is 1210. The second-order valence-corrected chi connectivity index (χ2v) is 8.63. The highest BCUT2D eigenvalue weighted by atomic mass is 35.5. The van der Waals surface area contributed by atoms with Crippen LogP contribution in [-0.4, -0.2) is 36.8 Å². The first-order valence-electron chi connectivity index (χ1n) is 9.52. The van der Waals surface area contributed by atoms with Gasteiger partial charge >= 0.3 is 5.88 Å². The number of anilines is 1. The molecule has 2 heterocycles. The molecule has 1 aliphatic heterocycles. The first-order chi connectivity index (χ1) is 15.4. The van der Waals surface area contributed by atoms with Gasteiger partial charge in [0.05, 0.1) is 41.9 Å². The summed E-state index contributed by atoms with van der Waals surface area (Å²) in [4.78, 5) is 12.6. The average molecular weight is 490 g/mol. The molecule has 2 aromatic carbocycles. The third-order valence-electron chi connectivity index (χ3n) is 4.89. The molecule has 0 fully saturated rings. The summed E-state index contributed by atoms with van der Waals surface area (Å²) >= 11 is 13.5. The molecule has 3 aromatic rings. The summed E-state index contributed by atoms with van der Waals surface area (Å²) in [7, 11) is 3.52. The summed E-state index contributed by atoms with van der Waals surface area (Å²) < 4.78 is 11.3. The van der Waals surface area contributed by atoms with Gasteiger partial charge in [-0.1, -0.05) is 51.6 Å². The lowest BCUT2D eigenvalue weighted by Gasteiger charge is -2.27. The zero-order valence-corrected chi connectivity index (χ0v) is 19.5. The van der Waals surface area contributed by atoms with Crippen LogP contribution in [0, 0.1) is 0 Å². The number of amides is 1. The summed E-state index contributed by atoms with van der Waals surface area (Å²) in [5.41, 5.74) is 1.23. The Kier molecular flexibility index (Phi) is 6.57. The van der Waals surface area contributed by atoms with E-state index >= 15 is 0 Å². The maximum Gasteiger partial charge on any atom is 0.309 e. The predicted molar refractivity (Wildman–Crippen MR) is 131 cm³/mol. The molecule has 1 unspecified atom stereocenters. The van der Waals surface area contributed by atoms with Crippen molar-refractivity contribution in [3.63, 3.8) is 0 Å². The van der Waals surface area contributed by atoms with Gasteiger partial charge in [0.25, 0.3) is 11.0 Å². The van der Waals surface area contributed by atoms with Gasteiger partial charge in [-0.3, -0.25) is 4.79 Å². The monoisotopic (exact) mass is 489 g/mol. The zero-order valence-electron chi connectivity index (χ0n) is 17.2. The number of nitrogens with zero attached hydrogens (tertiary/aromatic N) is 3. The van der Waals surface area contributed by atoms with Crippen molar-refractivity contribution in [2.24, 2.45) is 10.2 Å². The molecule has 0 spiro atoms. The average Bonchev–Trinajstić information content (AvgIpc) is 3.45. The minimum Gasteiger partial charge on any atom is -0.496 e. The Morgan fingerprint density at radius 2 is 1.94 bits per heavy atom. The summed E-state index contributed by atoms with van der Waals surface area (Å²) in [5.74, 6) is 1.73. The van der Waals surface area contributed by atoms with Crippen molar-refractivity contribution in [3.8, 4) is 5.75 Å². The van der Waals surface area contributed by atoms with Gasteiger partial charge in [0, 0.05) is 6.07 Å². The van der Waals surface area contributed by atoms with Crippen molar-refractivity contribution >= 4 is 63.4 Å². The molecule has 1 aromatic heterocycles. The fourth-order valence-electron chi connectivity index (χ4n) is 3.28. The summed E-state index contributed by atoms with van der Waals surface area (Å²) in [6, 6.07) is 16.3. The Morgan fingerprint density at radius 3 is 2.69 bits per heavy atom. The van der Waals surface area contributed by atoms with Crippen molar-refractivity contribution in [1.82, 2.24) is 4.48 Å². The number of carbonyl (C=O) groups is 1. The van der Waals surface area contributed by atoms with Gasteiger partial charge in [0.2, 0.25) is 5.91 Å². The van der Waals surface area contributed by atoms with Gasteiger partial charge in [0.15, 0.2) is 0 Å². The van der Waals surface area contributed by atoms with Crippen molar-refractivity contribution in [2.45, 2.75) is 0 Å². The van der Waals surface area contributed by atoms with Crippen LogP contribution in [0.15, 0.2) is 75.5 Å². The fourth-order valence-corrected chi connectivity index (χ4v) is 4.49. The molecule has 7 nitrogen and oxygen atoms in total. The number of methoxy groups -OCH3 is 1. The number of ether oxygens (including phenoxy) is 1. The molecule has 0 aliphatic carbocycles. The lowest BCUT2D eigenvalue weighted by Crippen LogP contribution is -2.52. The normalized spacial score (nSPS) is 17.6. The number of benzene rings is 2. The van der Waals surface area contributed by atoms with Crippen LogP contribution >= 0.6 is 35.0 Å². The molecule has 0 saturated heterocycles. The van der Waals surface area contributed by atoms with Crippen LogP contribution in [0.3, 0.4) is 0 Å². The topological polar surface area (TPSA) is 76.2 Å². The van der Waals surface area contributed by atoms with Crippen LogP contribution in [0.5, 0.6) is 5.75 Å². The van der Waals surface area contributed by atoms with E-state index in [-0.39, 0.29) is 16.1 Å². The minimum atomic E-state index is -0.251. The van der Waals surface area contributed by atoms with E-state index in [1.165, 1.54) is 11.8 Å². The molecule has 4 rings (SSSR count). The molecule has 1 amide bonds. The van der Waals surface area contributed by atoms with Gasteiger partial charge in [-0.05, 0) is 42.1 Å². The highest BCUT2D eigenvalue weighted by molar-refractivity contribution is 8.14. The fraction of sp³-hybridized carbons (Fsp3) is 0.136. The van der Waals surface area contributed by atoms with E-state index in [0.717, 1.165) is 5.56 Å². The SMILES string of the molecule is COc1ccccc1C1=NN=C(SCC(=O)Nc2cccc(Cl)c2Cl)[N+]1(C)c1ccco1. The van der Waals surface area contributed by atoms with Crippen LogP contribution in [-0.2, 0) is 4.79 Å². The van der Waals surface area contributed by atoms with Crippen molar-refractivity contribution < 1.29 is 13.9 Å². The molecule has 0 saturated carbocycles. The number of hydrogen-bond donors (Lipinski definition) is 1. The highest BCUT2D eigenvalue weighted by Gasteiger charge is 2.47. The molecule has 0 radical (unpaired) electrons. The van der Waals surface area contributed by atoms with E-state index in [1.54, 1.807) is 37.6 Å². The number of furan rings is 1. The molecule has 32 heavy (non-hydrogen) atoms. The van der Waals surface area contributed by atoms with E-state index in [9.17, 15) is 4.79 Å². The second kappa shape index (κ2) is 9.38. The lowest BCUT2D eigenvalue weighted by molar-refractivity contribution is -0.113. The number of thioether (sulfide) groups is 1. The largest absolute Gasteiger partial charge is 0.496 e. The Hall–Kier alpha value is -2.78. The summed E-state index contributed by atoms with van der Waals surface area (Å²) in [5, 5.41) is 12.8. The van der Waals surface area contributed by atoms with Gasteiger partial charge in [0.1, 0.15) is 11.3 Å². The van der Waals surface area contributed by atoms with Crippen molar-refractivity contribution in [3.05, 3.63) is 76.5 Å². The molecule has 1 N–H and O–H groups in total. The number of quaternary nitrogens is 1. The Labute approximate surface area is 199 Å². The number of hydrogen-bond acceptors (Lipinski definition) is 6. The summed E-state index contributed by atoms with van der Waals surface area (Å²) in [6.45, 7) is 0. The number of para-hydroxylation sites is 1. The first kappa shape index (κ1) is 22.4. The second-order valence-electron chi connectivity index (χ2n) is 6.90. The molecular weight excluding hydrogens is 471 g/mol. The quantitative estimate of drug-likeness (QED) is 0.454. The van der Waals surface area contributed by atoms with Crippen molar-refractivity contribution in [2.75, 3.05) is 25.2 Å². The third-order valence-corrected chi connectivity index (χ3v) is 6.82. The molecule has 1 atom stereocenters. The zero-order chi connectivity index (χ0) is 22.7. The Morgan fingerprint density at radius 1 is 1.12 bits per heavy atom. The van der Waals surface area contributed by atoms with E-state index in [2.05, 4.69) is 15.5 Å². The van der Waals surface area contributed by atoms with Gasteiger partial charge in [-0.15, -0.1) is 0 Å². The molecule has 10 heteroatoms. The number of amidine groups is 2. The van der Waals surface area contributed by atoms with Gasteiger partial charge < -0.3 is 14.5 Å². The minimum absolute atomic E-state index is 0.0588. The number of rotatable bonds is 6. The third kappa shape index (κ3) is 4.14. The number of nitrogens with one attached hydrogen (secondary N) is 1. The number of halogens is 2. The predicted octanol–water partition coefficient (Wildman–Crippen LogP) is 5.64. The van der Waals surface area contributed by atoms with E-state index in [4.69, 9.17) is 32.4 Å². The maximum absolute atomic E-state index is 12.6. The number of carbonyl (C=O) groups excluding carboxylic acids is 1. The Balaban J connectivity index is 1.57. The highest BCUT2D eigenvalue weighted by Crippen LogP contribution is 2.36. The van der Waals surface area contributed by atoms with E-state index in [1.807, 2.05) is 37.4 Å². The molecule has 164 valence electrons. The molecule has 1 aliphatic rings. The van der Waals surface area contributed by atoms with Gasteiger partial charge in [-0.2, -0.15) is 4.48 Å². The van der Waals surface area contributed by atoms with Crippen LogP contribution in [0.1, 0.15) is 5.56 Å². The lowest BCUT2D eigenvalue weighted by atomic mass is 10.1. The standard InChI is InChI=1S/C22H18Cl2N4O3S/c1-28(19-11-6-12-31-19)21(14-7-3-4-10-17(14)30-2)26-27-22(28)32-13-18(29)25-16-9-5-8-15(23)20(16)24/h3-12H,13H2,1-2H3/p+1. The van der Waals surface area contributed by atoms with Crippen LogP contribution in [0.2, 0.25) is 10.0 Å². The smallest absolute Gasteiger partial charge is 0.309 e. The van der Waals surface area contributed by atoms with Gasteiger partial charge in [-0.25, -0.2) is 0 Å². The van der Waals surface area contributed by atoms with E-state index in [0.29, 0.717) is 38.4 Å². The van der Waals surface area contributed by atoms with Crippen LogP contribution in [0.25, 0.3) is 0 Å². The molecule has 0 bridgehead atoms.